The van der Waals surface area contributed by atoms with E-state index >= 15 is 0 Å². The monoisotopic (exact) mass is 400 g/mol. The number of likely N-dealkylation sites (tertiary alicyclic amines) is 1. The standard InChI is InChI=1S/C20H20N2O5S/c23-17(21-11-9-15(10-12-21)19(25)26)13-22-18(24)16(28-20(22)27)8-4-7-14-5-2-1-3-6-14/h1-8,15H,9-13H2,(H,25,26). The number of thioether (sulfide) groups is 1. The Balaban J connectivity index is 1.58. The van der Waals surface area contributed by atoms with E-state index in [0.717, 1.165) is 22.2 Å². The van der Waals surface area contributed by atoms with E-state index < -0.39 is 23.0 Å². The predicted octanol–water partition coefficient (Wildman–Crippen LogP) is 2.60. The van der Waals surface area contributed by atoms with Gasteiger partial charge in [0.05, 0.1) is 10.8 Å². The van der Waals surface area contributed by atoms with Crippen molar-refractivity contribution in [1.82, 2.24) is 9.80 Å². The maximum Gasteiger partial charge on any atom is 0.306 e. The van der Waals surface area contributed by atoms with E-state index in [2.05, 4.69) is 0 Å². The number of carbonyl (C=O) groups is 4. The molecule has 1 N–H and O–H groups in total. The van der Waals surface area contributed by atoms with Crippen molar-refractivity contribution in [2.45, 2.75) is 12.8 Å². The Morgan fingerprint density at radius 3 is 2.46 bits per heavy atom. The number of aliphatic carboxylic acids is 1. The Morgan fingerprint density at radius 2 is 1.82 bits per heavy atom. The molecular weight excluding hydrogens is 380 g/mol. The van der Waals surface area contributed by atoms with Crippen molar-refractivity contribution < 1.29 is 24.3 Å². The van der Waals surface area contributed by atoms with Crippen LogP contribution in [-0.4, -0.2) is 57.6 Å². The fourth-order valence-corrected chi connectivity index (χ4v) is 3.86. The number of carboxylic acids is 1. The molecule has 146 valence electrons. The highest BCUT2D eigenvalue weighted by Crippen LogP contribution is 2.30. The molecule has 0 saturated carbocycles. The number of amides is 3. The highest BCUT2D eigenvalue weighted by atomic mass is 32.2. The smallest absolute Gasteiger partial charge is 0.306 e. The second kappa shape index (κ2) is 8.88. The first-order valence-electron chi connectivity index (χ1n) is 8.93. The Bertz CT molecular complexity index is 841. The molecular formula is C20H20N2O5S. The summed E-state index contributed by atoms with van der Waals surface area (Å²) in [6, 6.07) is 9.55. The van der Waals surface area contributed by atoms with Crippen molar-refractivity contribution in [2.24, 2.45) is 5.92 Å². The van der Waals surface area contributed by atoms with Gasteiger partial charge in [-0.25, -0.2) is 0 Å². The molecule has 7 nitrogen and oxygen atoms in total. The van der Waals surface area contributed by atoms with Gasteiger partial charge in [-0.2, -0.15) is 0 Å². The number of rotatable bonds is 5. The van der Waals surface area contributed by atoms with Crippen LogP contribution in [0.2, 0.25) is 0 Å². The summed E-state index contributed by atoms with van der Waals surface area (Å²) in [6.45, 7) is 0.325. The number of imide groups is 1. The van der Waals surface area contributed by atoms with Crippen LogP contribution in [0.3, 0.4) is 0 Å². The van der Waals surface area contributed by atoms with E-state index in [0.29, 0.717) is 25.9 Å². The first kappa shape index (κ1) is 19.9. The van der Waals surface area contributed by atoms with Gasteiger partial charge in [0, 0.05) is 13.1 Å². The maximum absolute atomic E-state index is 12.5. The molecule has 28 heavy (non-hydrogen) atoms. The summed E-state index contributed by atoms with van der Waals surface area (Å²) in [5.74, 6) is -2.12. The van der Waals surface area contributed by atoms with Gasteiger partial charge < -0.3 is 10.0 Å². The normalized spacial score (nSPS) is 19.8. The van der Waals surface area contributed by atoms with Gasteiger partial charge in [-0.15, -0.1) is 0 Å². The second-order valence-electron chi connectivity index (χ2n) is 6.55. The van der Waals surface area contributed by atoms with Gasteiger partial charge in [0.1, 0.15) is 6.54 Å². The van der Waals surface area contributed by atoms with Crippen molar-refractivity contribution >= 4 is 40.9 Å². The summed E-state index contributed by atoms with van der Waals surface area (Å²) in [5.41, 5.74) is 0.970. The number of allylic oxidation sites excluding steroid dienone is 2. The fraction of sp³-hybridized carbons (Fsp3) is 0.300. The van der Waals surface area contributed by atoms with Crippen molar-refractivity contribution in [3.8, 4) is 0 Å². The van der Waals surface area contributed by atoms with Gasteiger partial charge in [-0.3, -0.25) is 24.1 Å². The number of nitrogens with zero attached hydrogens (tertiary/aromatic N) is 2. The van der Waals surface area contributed by atoms with Crippen LogP contribution < -0.4 is 0 Å². The van der Waals surface area contributed by atoms with Crippen molar-refractivity contribution in [2.75, 3.05) is 19.6 Å². The van der Waals surface area contributed by atoms with Gasteiger partial charge in [0.2, 0.25) is 5.91 Å². The highest BCUT2D eigenvalue weighted by molar-refractivity contribution is 8.18. The lowest BCUT2D eigenvalue weighted by atomic mass is 9.97. The van der Waals surface area contributed by atoms with Crippen molar-refractivity contribution in [3.63, 3.8) is 0 Å². The maximum atomic E-state index is 12.5. The Kier molecular flexibility index (Phi) is 6.30. The largest absolute Gasteiger partial charge is 0.481 e. The number of carbonyl (C=O) groups excluding carboxylic acids is 3. The molecule has 0 bridgehead atoms. The average Bonchev–Trinajstić information content (AvgIpc) is 2.96. The minimum Gasteiger partial charge on any atom is -0.481 e. The zero-order chi connectivity index (χ0) is 20.1. The Hall–Kier alpha value is -2.87. The van der Waals surface area contributed by atoms with Gasteiger partial charge >= 0.3 is 5.97 Å². The molecule has 2 heterocycles. The molecule has 2 saturated heterocycles. The van der Waals surface area contributed by atoms with E-state index in [-0.39, 0.29) is 17.4 Å². The van der Waals surface area contributed by atoms with Crippen LogP contribution in [-0.2, 0) is 14.4 Å². The van der Waals surface area contributed by atoms with E-state index in [1.807, 2.05) is 36.4 Å². The second-order valence-corrected chi connectivity index (χ2v) is 7.55. The minimum absolute atomic E-state index is 0.273. The van der Waals surface area contributed by atoms with Crippen LogP contribution in [0.1, 0.15) is 18.4 Å². The summed E-state index contributed by atoms with van der Waals surface area (Å²) < 4.78 is 0. The lowest BCUT2D eigenvalue weighted by molar-refractivity contribution is -0.146. The molecule has 1 aromatic carbocycles. The number of piperidine rings is 1. The van der Waals surface area contributed by atoms with Gasteiger partial charge in [-0.1, -0.05) is 42.5 Å². The van der Waals surface area contributed by atoms with E-state index in [1.165, 1.54) is 4.90 Å². The molecule has 0 aliphatic carbocycles. The first-order valence-corrected chi connectivity index (χ1v) is 9.75. The zero-order valence-corrected chi connectivity index (χ0v) is 15.9. The van der Waals surface area contributed by atoms with Crippen LogP contribution in [0.4, 0.5) is 4.79 Å². The summed E-state index contributed by atoms with van der Waals surface area (Å²) >= 11 is 0.809. The topological polar surface area (TPSA) is 95.0 Å². The van der Waals surface area contributed by atoms with Crippen LogP contribution in [0.5, 0.6) is 0 Å². The van der Waals surface area contributed by atoms with Crippen LogP contribution in [0.25, 0.3) is 6.08 Å². The summed E-state index contributed by atoms with van der Waals surface area (Å²) in [6.07, 6.45) is 5.86. The molecule has 8 heteroatoms. The van der Waals surface area contributed by atoms with Gasteiger partial charge in [-0.05, 0) is 36.2 Å². The molecule has 3 amide bonds. The summed E-state index contributed by atoms with van der Waals surface area (Å²) in [7, 11) is 0. The Morgan fingerprint density at radius 1 is 1.14 bits per heavy atom. The number of hydrogen-bond acceptors (Lipinski definition) is 5. The third-order valence-electron chi connectivity index (χ3n) is 4.70. The van der Waals surface area contributed by atoms with Gasteiger partial charge in [0.25, 0.3) is 11.1 Å². The van der Waals surface area contributed by atoms with Gasteiger partial charge in [0.15, 0.2) is 0 Å². The number of carboxylic acid groups (broad SMARTS) is 1. The van der Waals surface area contributed by atoms with Crippen LogP contribution in [0, 0.1) is 5.92 Å². The molecule has 0 spiro atoms. The third-order valence-corrected chi connectivity index (χ3v) is 5.63. The molecule has 0 aromatic heterocycles. The lowest BCUT2D eigenvalue weighted by Gasteiger charge is -2.30. The average molecular weight is 400 g/mol. The van der Waals surface area contributed by atoms with Crippen molar-refractivity contribution in [1.29, 1.82) is 0 Å². The molecule has 2 aliphatic heterocycles. The van der Waals surface area contributed by atoms with Crippen LogP contribution >= 0.6 is 11.8 Å². The fourth-order valence-electron chi connectivity index (χ4n) is 3.07. The Labute approximate surface area is 166 Å². The molecule has 0 unspecified atom stereocenters. The quantitative estimate of drug-likeness (QED) is 0.764. The van der Waals surface area contributed by atoms with Crippen LogP contribution in [0.15, 0.2) is 47.4 Å². The SMILES string of the molecule is O=C(O)C1CCN(C(=O)CN2C(=O)SC(=CC=Cc3ccccc3)C2=O)CC1. The molecule has 3 rings (SSSR count). The summed E-state index contributed by atoms with van der Waals surface area (Å²) in [5, 5.41) is 8.55. The molecule has 2 fully saturated rings. The third kappa shape index (κ3) is 4.69. The van der Waals surface area contributed by atoms with Crippen molar-refractivity contribution in [3.05, 3.63) is 53.0 Å². The molecule has 1 aromatic rings. The number of hydrogen-bond donors (Lipinski definition) is 1. The zero-order valence-electron chi connectivity index (χ0n) is 15.1. The summed E-state index contributed by atoms with van der Waals surface area (Å²) in [4.78, 5) is 50.7. The highest BCUT2D eigenvalue weighted by Gasteiger charge is 2.37. The van der Waals surface area contributed by atoms with E-state index in [9.17, 15) is 19.2 Å². The first-order chi connectivity index (χ1) is 13.5. The number of benzene rings is 1. The molecule has 0 atom stereocenters. The van der Waals surface area contributed by atoms with E-state index in [4.69, 9.17) is 5.11 Å². The minimum atomic E-state index is -0.855. The van der Waals surface area contributed by atoms with E-state index in [1.54, 1.807) is 12.2 Å². The predicted molar refractivity (Wildman–Crippen MR) is 105 cm³/mol. The molecule has 0 radical (unpaired) electrons. The lowest BCUT2D eigenvalue weighted by Crippen LogP contribution is -2.46. The molecule has 2 aliphatic rings.